The fraction of sp³-hybridized carbons (Fsp3) is 0.400. The van der Waals surface area contributed by atoms with Crippen molar-refractivity contribution < 1.29 is 19.1 Å². The van der Waals surface area contributed by atoms with Crippen molar-refractivity contribution in [2.75, 3.05) is 25.7 Å². The summed E-state index contributed by atoms with van der Waals surface area (Å²) in [7, 11) is 2.89. The smallest absolute Gasteiger partial charge is 0.239 e. The van der Waals surface area contributed by atoms with Gasteiger partial charge in [0.2, 0.25) is 23.6 Å². The van der Waals surface area contributed by atoms with E-state index in [0.29, 0.717) is 0 Å². The third kappa shape index (κ3) is 2.17. The standard InChI is InChI=1S/C10H11N3O4/c1-16-7-4-8(17-2)12-10(11-7)13-5-6(14)3-9(13)15/h4H,3,5H2,1-2H3. The Bertz CT molecular complexity index is 452. The van der Waals surface area contributed by atoms with Crippen molar-refractivity contribution in [2.24, 2.45) is 0 Å². The average molecular weight is 237 g/mol. The van der Waals surface area contributed by atoms with Crippen LogP contribution in [0.2, 0.25) is 0 Å². The Kier molecular flexibility index (Phi) is 2.90. The molecule has 0 aromatic carbocycles. The maximum Gasteiger partial charge on any atom is 0.239 e. The first-order valence-electron chi connectivity index (χ1n) is 4.93. The number of nitrogens with zero attached hydrogens (tertiary/aromatic N) is 3. The maximum atomic E-state index is 11.5. The fourth-order valence-electron chi connectivity index (χ4n) is 1.49. The van der Waals surface area contributed by atoms with E-state index in [-0.39, 0.29) is 42.4 Å². The van der Waals surface area contributed by atoms with Gasteiger partial charge < -0.3 is 9.47 Å². The monoisotopic (exact) mass is 237 g/mol. The first-order valence-corrected chi connectivity index (χ1v) is 4.93. The average Bonchev–Trinajstić information content (AvgIpc) is 2.67. The van der Waals surface area contributed by atoms with Crippen LogP contribution in [0.4, 0.5) is 5.95 Å². The Hall–Kier alpha value is -2.18. The molecule has 1 aliphatic heterocycles. The summed E-state index contributed by atoms with van der Waals surface area (Å²) >= 11 is 0. The second-order valence-corrected chi connectivity index (χ2v) is 3.45. The minimum atomic E-state index is -0.315. The summed E-state index contributed by atoms with van der Waals surface area (Å²) < 4.78 is 9.93. The molecule has 1 aromatic heterocycles. The van der Waals surface area contributed by atoms with Crippen molar-refractivity contribution in [3.63, 3.8) is 0 Å². The summed E-state index contributed by atoms with van der Waals surface area (Å²) in [4.78, 5) is 31.9. The van der Waals surface area contributed by atoms with Crippen molar-refractivity contribution >= 4 is 17.6 Å². The highest BCUT2D eigenvalue weighted by Gasteiger charge is 2.31. The lowest BCUT2D eigenvalue weighted by Crippen LogP contribution is -2.26. The molecule has 0 atom stereocenters. The van der Waals surface area contributed by atoms with Crippen LogP contribution in [0.5, 0.6) is 11.8 Å². The zero-order valence-corrected chi connectivity index (χ0v) is 9.47. The predicted molar refractivity (Wildman–Crippen MR) is 57.1 cm³/mol. The molecule has 1 aliphatic rings. The first-order chi connectivity index (χ1) is 8.13. The van der Waals surface area contributed by atoms with Crippen molar-refractivity contribution in [3.8, 4) is 11.8 Å². The Morgan fingerprint density at radius 1 is 1.18 bits per heavy atom. The molecule has 7 nitrogen and oxygen atoms in total. The van der Waals surface area contributed by atoms with E-state index in [4.69, 9.17) is 9.47 Å². The zero-order chi connectivity index (χ0) is 12.4. The van der Waals surface area contributed by atoms with E-state index in [1.54, 1.807) is 0 Å². The number of aromatic nitrogens is 2. The number of carbonyl (C=O) groups is 2. The number of hydrogen-bond donors (Lipinski definition) is 0. The Morgan fingerprint density at radius 2 is 1.76 bits per heavy atom. The summed E-state index contributed by atoms with van der Waals surface area (Å²) in [5.74, 6) is 0.209. The number of amides is 1. The molecule has 1 saturated heterocycles. The minimum Gasteiger partial charge on any atom is -0.481 e. The van der Waals surface area contributed by atoms with E-state index in [2.05, 4.69) is 9.97 Å². The van der Waals surface area contributed by atoms with Crippen molar-refractivity contribution in [1.82, 2.24) is 9.97 Å². The number of ether oxygens (including phenoxy) is 2. The van der Waals surface area contributed by atoms with Crippen LogP contribution in [0.25, 0.3) is 0 Å². The van der Waals surface area contributed by atoms with Gasteiger partial charge in [-0.3, -0.25) is 14.5 Å². The van der Waals surface area contributed by atoms with Gasteiger partial charge in [0.15, 0.2) is 5.78 Å². The highest BCUT2D eigenvalue weighted by atomic mass is 16.5. The molecule has 0 aliphatic carbocycles. The van der Waals surface area contributed by atoms with Crippen molar-refractivity contribution in [2.45, 2.75) is 6.42 Å². The molecule has 0 N–H and O–H groups in total. The van der Waals surface area contributed by atoms with E-state index in [9.17, 15) is 9.59 Å². The molecule has 0 unspecified atom stereocenters. The second-order valence-electron chi connectivity index (χ2n) is 3.45. The van der Waals surface area contributed by atoms with Crippen LogP contribution in [0.15, 0.2) is 6.07 Å². The third-order valence-corrected chi connectivity index (χ3v) is 2.31. The van der Waals surface area contributed by atoms with Gasteiger partial charge in [-0.05, 0) is 0 Å². The number of Topliss-reactive ketones (excluding diaryl/α,β-unsaturated/α-hetero) is 1. The molecule has 90 valence electrons. The number of anilines is 1. The zero-order valence-electron chi connectivity index (χ0n) is 9.47. The summed E-state index contributed by atoms with van der Waals surface area (Å²) in [6.07, 6.45) is -0.108. The van der Waals surface area contributed by atoms with Crippen molar-refractivity contribution in [1.29, 1.82) is 0 Å². The number of hydrogen-bond acceptors (Lipinski definition) is 6. The quantitative estimate of drug-likeness (QED) is 0.677. The van der Waals surface area contributed by atoms with Crippen LogP contribution in [-0.4, -0.2) is 42.4 Å². The molecule has 0 spiro atoms. The van der Waals surface area contributed by atoms with Gasteiger partial charge in [-0.1, -0.05) is 0 Å². The Labute approximate surface area is 97.4 Å². The fourth-order valence-corrected chi connectivity index (χ4v) is 1.49. The SMILES string of the molecule is COc1cc(OC)nc(N2CC(=O)CC2=O)n1. The Morgan fingerprint density at radius 3 is 2.18 bits per heavy atom. The highest BCUT2D eigenvalue weighted by Crippen LogP contribution is 2.22. The van der Waals surface area contributed by atoms with Gasteiger partial charge in [0.05, 0.1) is 33.3 Å². The van der Waals surface area contributed by atoms with Crippen LogP contribution >= 0.6 is 0 Å². The number of ketones is 1. The number of methoxy groups -OCH3 is 2. The van der Waals surface area contributed by atoms with Gasteiger partial charge in [-0.15, -0.1) is 0 Å². The normalized spacial score (nSPS) is 15.3. The lowest BCUT2D eigenvalue weighted by molar-refractivity contribution is -0.121. The molecule has 2 heterocycles. The number of carbonyl (C=O) groups excluding carboxylic acids is 2. The summed E-state index contributed by atoms with van der Waals surface area (Å²) in [5.41, 5.74) is 0. The molecule has 0 bridgehead atoms. The molecule has 1 amide bonds. The van der Waals surface area contributed by atoms with E-state index >= 15 is 0 Å². The molecule has 1 aromatic rings. The second kappa shape index (κ2) is 4.36. The predicted octanol–water partition coefficient (Wildman–Crippen LogP) is -0.200. The van der Waals surface area contributed by atoms with Gasteiger partial charge in [0.25, 0.3) is 0 Å². The summed E-state index contributed by atoms with van der Waals surface area (Å²) in [6, 6.07) is 1.49. The summed E-state index contributed by atoms with van der Waals surface area (Å²) in [5, 5.41) is 0. The first kappa shape index (κ1) is 11.3. The molecular formula is C10H11N3O4. The van der Waals surface area contributed by atoms with Crippen LogP contribution in [0.3, 0.4) is 0 Å². The van der Waals surface area contributed by atoms with Crippen LogP contribution in [0.1, 0.15) is 6.42 Å². The van der Waals surface area contributed by atoms with Crippen molar-refractivity contribution in [3.05, 3.63) is 6.07 Å². The molecule has 7 heteroatoms. The lowest BCUT2D eigenvalue weighted by atomic mass is 10.3. The van der Waals surface area contributed by atoms with E-state index in [1.165, 1.54) is 25.2 Å². The number of rotatable bonds is 3. The van der Waals surface area contributed by atoms with E-state index in [1.807, 2.05) is 0 Å². The molecule has 1 fully saturated rings. The molecule has 0 radical (unpaired) electrons. The summed E-state index contributed by atoms with van der Waals surface area (Å²) in [6.45, 7) is -0.00481. The van der Waals surface area contributed by atoms with E-state index in [0.717, 1.165) is 0 Å². The van der Waals surface area contributed by atoms with Gasteiger partial charge >= 0.3 is 0 Å². The van der Waals surface area contributed by atoms with Gasteiger partial charge in [-0.2, -0.15) is 9.97 Å². The lowest BCUT2D eigenvalue weighted by Gasteiger charge is -2.13. The van der Waals surface area contributed by atoms with Gasteiger partial charge in [-0.25, -0.2) is 0 Å². The molecule has 17 heavy (non-hydrogen) atoms. The largest absolute Gasteiger partial charge is 0.481 e. The van der Waals surface area contributed by atoms with Crippen LogP contribution in [0, 0.1) is 0 Å². The van der Waals surface area contributed by atoms with Crippen LogP contribution in [-0.2, 0) is 9.59 Å². The van der Waals surface area contributed by atoms with Gasteiger partial charge in [0, 0.05) is 0 Å². The third-order valence-electron chi connectivity index (χ3n) is 2.31. The molecular weight excluding hydrogens is 226 g/mol. The van der Waals surface area contributed by atoms with Gasteiger partial charge in [0.1, 0.15) is 0 Å². The highest BCUT2D eigenvalue weighted by molar-refractivity contribution is 6.14. The van der Waals surface area contributed by atoms with E-state index < -0.39 is 0 Å². The molecule has 0 saturated carbocycles. The maximum absolute atomic E-state index is 11.5. The molecule has 2 rings (SSSR count). The van der Waals surface area contributed by atoms with Crippen LogP contribution < -0.4 is 14.4 Å². The topological polar surface area (TPSA) is 81.6 Å². The minimum absolute atomic E-state index is 0.00481. The Balaban J connectivity index is 2.37.